The van der Waals surface area contributed by atoms with Crippen LogP contribution in [0.4, 0.5) is 0 Å². The summed E-state index contributed by atoms with van der Waals surface area (Å²) in [4.78, 5) is 0. The van der Waals surface area contributed by atoms with Crippen LogP contribution in [0.3, 0.4) is 0 Å². The fourth-order valence-corrected chi connectivity index (χ4v) is 9.77. The largest absolute Gasteiger partial charge is 0.189 e. The van der Waals surface area contributed by atoms with Gasteiger partial charge >= 0.3 is 0 Å². The zero-order chi connectivity index (χ0) is 29.4. The van der Waals surface area contributed by atoms with Gasteiger partial charge in [-0.2, -0.15) is 21.9 Å². The van der Waals surface area contributed by atoms with Crippen LogP contribution in [0.2, 0.25) is 0 Å². The molecule has 0 spiro atoms. The summed E-state index contributed by atoms with van der Waals surface area (Å²) in [6.07, 6.45) is -1.46. The van der Waals surface area contributed by atoms with E-state index < -0.39 is 6.15 Å². The highest BCUT2D eigenvalue weighted by Gasteiger charge is 2.45. The first-order chi connectivity index (χ1) is 20.8. The lowest BCUT2D eigenvalue weighted by Gasteiger charge is -2.47. The zero-order valence-corrected chi connectivity index (χ0v) is 25.8. The van der Waals surface area contributed by atoms with Gasteiger partial charge in [0.1, 0.15) is 6.15 Å². The van der Waals surface area contributed by atoms with Crippen LogP contribution in [0, 0.1) is 41.5 Å². The van der Waals surface area contributed by atoms with Crippen LogP contribution in [0.5, 0.6) is 0 Å². The Morgan fingerprint density at radius 3 is 0.953 bits per heavy atom. The Kier molecular flexibility index (Phi) is 4.79. The molecule has 43 heavy (non-hydrogen) atoms. The number of rotatable bonds is 2. The molecule has 0 N–H and O–H groups in total. The molecular formula is C42H34B-. The van der Waals surface area contributed by atoms with Crippen LogP contribution in [0.15, 0.2) is 97.1 Å². The third-order valence-corrected chi connectivity index (χ3v) is 11.0. The third-order valence-electron chi connectivity index (χ3n) is 11.0. The maximum absolute atomic E-state index is 2.59. The van der Waals surface area contributed by atoms with E-state index in [1.165, 1.54) is 111 Å². The normalized spacial score (nSPS) is 14.0. The first-order valence-electron chi connectivity index (χ1n) is 15.7. The van der Waals surface area contributed by atoms with E-state index in [1.54, 1.807) is 0 Å². The molecule has 1 heteroatoms. The summed E-state index contributed by atoms with van der Waals surface area (Å²) in [5.41, 5.74) is 28.1. The van der Waals surface area contributed by atoms with Gasteiger partial charge in [0, 0.05) is 0 Å². The van der Waals surface area contributed by atoms with E-state index in [2.05, 4.69) is 139 Å². The molecule has 0 nitrogen and oxygen atoms in total. The van der Waals surface area contributed by atoms with Crippen molar-refractivity contribution in [3.8, 4) is 55.6 Å². The lowest BCUT2D eigenvalue weighted by atomic mass is 9.12. The van der Waals surface area contributed by atoms with Crippen molar-refractivity contribution >= 4 is 28.0 Å². The maximum atomic E-state index is 2.59. The summed E-state index contributed by atoms with van der Waals surface area (Å²) in [6.45, 7) is 13.9. The van der Waals surface area contributed by atoms with Crippen molar-refractivity contribution in [2.24, 2.45) is 0 Å². The topological polar surface area (TPSA) is 0 Å². The molecule has 0 atom stereocenters. The molecule has 6 aromatic carbocycles. The Morgan fingerprint density at radius 2 is 0.628 bits per heavy atom. The van der Waals surface area contributed by atoms with E-state index in [4.69, 9.17) is 0 Å². The minimum absolute atomic E-state index is 1.33. The molecule has 206 valence electrons. The van der Waals surface area contributed by atoms with Crippen molar-refractivity contribution in [1.82, 2.24) is 0 Å². The Hall–Kier alpha value is -4.62. The van der Waals surface area contributed by atoms with Gasteiger partial charge in [0.15, 0.2) is 0 Å². The smallest absolute Gasteiger partial charge is 0.111 e. The molecule has 3 aliphatic rings. The molecule has 0 radical (unpaired) electrons. The predicted octanol–water partition coefficient (Wildman–Crippen LogP) is 8.19. The summed E-state index contributed by atoms with van der Waals surface area (Å²) in [7, 11) is 0. The standard InChI is InChI=1S/C42H34B/c1-23-15-25(3)41(26(4)16-23)43(42-27(5)17-24(2)18-28(42)6)39-21-35-31-13-9-7-11-29(31)33(35)19-37(39)38-20-34-30-12-8-10-14-32(30)36(34)22-40(38)43/h7-22H,1-6H3/q-1. The van der Waals surface area contributed by atoms with Gasteiger partial charge in [-0.25, -0.2) is 0 Å². The second-order valence-corrected chi connectivity index (χ2v) is 13.6. The van der Waals surface area contributed by atoms with Crippen molar-refractivity contribution in [2.75, 3.05) is 0 Å². The van der Waals surface area contributed by atoms with Gasteiger partial charge in [-0.05, 0) is 98.2 Å². The van der Waals surface area contributed by atoms with Crippen LogP contribution >= 0.6 is 0 Å². The summed E-state index contributed by atoms with van der Waals surface area (Å²) in [5.74, 6) is 0. The molecule has 2 aliphatic carbocycles. The van der Waals surface area contributed by atoms with Gasteiger partial charge in [-0.3, -0.25) is 0 Å². The zero-order valence-electron chi connectivity index (χ0n) is 25.8. The van der Waals surface area contributed by atoms with Crippen molar-refractivity contribution < 1.29 is 0 Å². The van der Waals surface area contributed by atoms with Crippen molar-refractivity contribution in [3.05, 3.63) is 130 Å². The monoisotopic (exact) mass is 549 g/mol. The summed E-state index contributed by atoms with van der Waals surface area (Å²) in [6, 6.07) is 37.8. The number of fused-ring (bicyclic) bond motifs is 11. The van der Waals surface area contributed by atoms with E-state index in [1.807, 2.05) is 0 Å². The molecule has 0 saturated carbocycles. The molecule has 0 amide bonds. The number of hydrogen-bond donors (Lipinski definition) is 0. The lowest BCUT2D eigenvalue weighted by molar-refractivity contribution is 1.33. The van der Waals surface area contributed by atoms with Gasteiger partial charge in [0.05, 0.1) is 0 Å². The Bertz CT molecular complexity index is 2040. The van der Waals surface area contributed by atoms with E-state index in [0.717, 1.165) is 0 Å². The lowest BCUT2D eigenvalue weighted by Crippen LogP contribution is -2.75. The van der Waals surface area contributed by atoms with Crippen LogP contribution in [-0.2, 0) is 0 Å². The highest BCUT2D eigenvalue weighted by molar-refractivity contribution is 7.23. The molecule has 1 aliphatic heterocycles. The Balaban J connectivity index is 1.49. The SMILES string of the molecule is Cc1cc(C)c([B-]2(c3c(C)cc(C)cc3C)c3cc4c(cc3-c3cc5c(cc32)-c2ccccc2-5)-c2ccccc2-4)c(C)c1. The molecule has 1 heterocycles. The van der Waals surface area contributed by atoms with Gasteiger partial charge < -0.3 is 0 Å². The molecule has 0 unspecified atom stereocenters. The second-order valence-electron chi connectivity index (χ2n) is 13.6. The van der Waals surface area contributed by atoms with Crippen LogP contribution in [-0.4, -0.2) is 6.15 Å². The van der Waals surface area contributed by atoms with Crippen LogP contribution < -0.4 is 21.9 Å². The average Bonchev–Trinajstić information content (AvgIpc) is 3.22. The molecule has 0 bridgehead atoms. The molecule has 9 rings (SSSR count). The highest BCUT2D eigenvalue weighted by atomic mass is 14.4. The van der Waals surface area contributed by atoms with Gasteiger partial charge in [0.25, 0.3) is 0 Å². The van der Waals surface area contributed by atoms with Gasteiger partial charge in [-0.15, -0.1) is 0 Å². The summed E-state index contributed by atoms with van der Waals surface area (Å²) >= 11 is 0. The fourth-order valence-electron chi connectivity index (χ4n) is 9.77. The molecular weight excluding hydrogens is 515 g/mol. The predicted molar refractivity (Wildman–Crippen MR) is 186 cm³/mol. The molecule has 6 aromatic rings. The molecule has 0 saturated heterocycles. The van der Waals surface area contributed by atoms with Crippen molar-refractivity contribution in [2.45, 2.75) is 41.5 Å². The minimum Gasteiger partial charge on any atom is -0.189 e. The average molecular weight is 550 g/mol. The molecule has 0 aromatic heterocycles. The Morgan fingerprint density at radius 1 is 0.326 bits per heavy atom. The first-order valence-corrected chi connectivity index (χ1v) is 15.7. The molecule has 0 fully saturated rings. The fraction of sp³-hybridized carbons (Fsp3) is 0.143. The summed E-state index contributed by atoms with van der Waals surface area (Å²) < 4.78 is 0. The number of hydrogen-bond acceptors (Lipinski definition) is 0. The van der Waals surface area contributed by atoms with Gasteiger partial charge in [-0.1, -0.05) is 129 Å². The quantitative estimate of drug-likeness (QED) is 0.191. The summed E-state index contributed by atoms with van der Waals surface area (Å²) in [5, 5.41) is 0. The first kappa shape index (κ1) is 24.9. The van der Waals surface area contributed by atoms with Crippen molar-refractivity contribution in [3.63, 3.8) is 0 Å². The minimum atomic E-state index is -1.46. The van der Waals surface area contributed by atoms with E-state index >= 15 is 0 Å². The van der Waals surface area contributed by atoms with E-state index in [-0.39, 0.29) is 0 Å². The van der Waals surface area contributed by atoms with E-state index in [9.17, 15) is 0 Å². The maximum Gasteiger partial charge on any atom is 0.111 e. The van der Waals surface area contributed by atoms with Crippen molar-refractivity contribution in [1.29, 1.82) is 0 Å². The third kappa shape index (κ3) is 2.98. The van der Waals surface area contributed by atoms with E-state index in [0.29, 0.717) is 0 Å². The second kappa shape index (κ2) is 8.26. The number of aryl methyl sites for hydroxylation is 6. The highest BCUT2D eigenvalue weighted by Crippen LogP contribution is 2.52. The number of benzene rings is 6. The Labute approximate surface area is 255 Å². The van der Waals surface area contributed by atoms with Crippen LogP contribution in [0.1, 0.15) is 33.4 Å². The van der Waals surface area contributed by atoms with Gasteiger partial charge in [0.2, 0.25) is 0 Å². The van der Waals surface area contributed by atoms with Crippen LogP contribution in [0.25, 0.3) is 55.6 Å².